The fraction of sp³-hybridized carbons (Fsp3) is 0.364. The molecule has 0 aliphatic heterocycles. The molecule has 0 spiro atoms. The zero-order valence-corrected chi connectivity index (χ0v) is 9.83. The number of nitrogens with two attached hydrogens (primary N) is 1. The van der Waals surface area contributed by atoms with E-state index < -0.39 is 0 Å². The number of aromatic nitrogens is 2. The zero-order valence-electron chi connectivity index (χ0n) is 8.94. The van der Waals surface area contributed by atoms with E-state index in [0.717, 1.165) is 22.4 Å². The molecule has 1 unspecified atom stereocenters. The fourth-order valence-corrected chi connectivity index (χ4v) is 1.84. The molecule has 0 saturated heterocycles. The van der Waals surface area contributed by atoms with Crippen molar-refractivity contribution in [3.63, 3.8) is 0 Å². The van der Waals surface area contributed by atoms with Crippen LogP contribution in [-0.4, -0.2) is 16.1 Å². The van der Waals surface area contributed by atoms with E-state index in [0.29, 0.717) is 6.54 Å². The van der Waals surface area contributed by atoms with E-state index in [1.54, 1.807) is 0 Å². The summed E-state index contributed by atoms with van der Waals surface area (Å²) in [6.07, 6.45) is 0. The minimum atomic E-state index is 0.0942. The number of hydrogen-bond acceptors (Lipinski definition) is 3. The number of fused-ring (bicyclic) bond motifs is 1. The molecule has 1 atom stereocenters. The molecule has 0 aliphatic carbocycles. The summed E-state index contributed by atoms with van der Waals surface area (Å²) in [5.74, 6) is 1.02. The molecule has 0 amide bonds. The third kappa shape index (κ3) is 1.75. The highest BCUT2D eigenvalue weighted by Gasteiger charge is 2.08. The number of aryl methyl sites for hydroxylation is 2. The minimum absolute atomic E-state index is 0.0942. The van der Waals surface area contributed by atoms with Crippen molar-refractivity contribution in [1.82, 2.24) is 9.55 Å². The lowest BCUT2D eigenvalue weighted by Gasteiger charge is -2.07. The Bertz CT molecular complexity index is 490. The molecule has 0 bridgehead atoms. The molecule has 4 heteroatoms. The van der Waals surface area contributed by atoms with Gasteiger partial charge in [0.2, 0.25) is 0 Å². The van der Waals surface area contributed by atoms with Gasteiger partial charge in [-0.25, -0.2) is 4.98 Å². The van der Waals surface area contributed by atoms with Gasteiger partial charge in [-0.2, -0.15) is 12.6 Å². The summed E-state index contributed by atoms with van der Waals surface area (Å²) in [7, 11) is 2.02. The van der Waals surface area contributed by atoms with Gasteiger partial charge in [-0.15, -0.1) is 0 Å². The van der Waals surface area contributed by atoms with Gasteiger partial charge >= 0.3 is 0 Å². The fourth-order valence-electron chi connectivity index (χ4n) is 1.68. The number of rotatable bonds is 2. The molecular weight excluding hydrogens is 206 g/mol. The Labute approximate surface area is 94.7 Å². The Morgan fingerprint density at radius 1 is 1.53 bits per heavy atom. The number of benzene rings is 1. The molecule has 2 rings (SSSR count). The predicted octanol–water partition coefficient (Wildman–Crippen LogP) is 1.81. The van der Waals surface area contributed by atoms with Crippen LogP contribution in [0.1, 0.15) is 16.6 Å². The van der Waals surface area contributed by atoms with E-state index in [1.807, 2.05) is 14.0 Å². The SMILES string of the molecule is Cc1nc2cc(C(S)CN)ccc2n1C. The maximum atomic E-state index is 5.58. The van der Waals surface area contributed by atoms with Crippen LogP contribution in [0.25, 0.3) is 11.0 Å². The summed E-state index contributed by atoms with van der Waals surface area (Å²) < 4.78 is 2.08. The highest BCUT2D eigenvalue weighted by atomic mass is 32.1. The van der Waals surface area contributed by atoms with Crippen LogP contribution in [0.4, 0.5) is 0 Å². The van der Waals surface area contributed by atoms with Gasteiger partial charge in [0.05, 0.1) is 11.0 Å². The number of imidazole rings is 1. The molecule has 0 fully saturated rings. The largest absolute Gasteiger partial charge is 0.331 e. The zero-order chi connectivity index (χ0) is 11.0. The molecule has 0 saturated carbocycles. The van der Waals surface area contributed by atoms with Gasteiger partial charge in [-0.05, 0) is 24.6 Å². The molecule has 3 nitrogen and oxygen atoms in total. The Hall–Kier alpha value is -1.00. The summed E-state index contributed by atoms with van der Waals surface area (Å²) in [4.78, 5) is 4.48. The lowest BCUT2D eigenvalue weighted by molar-refractivity contribution is 0.886. The summed E-state index contributed by atoms with van der Waals surface area (Å²) in [6, 6.07) is 6.20. The minimum Gasteiger partial charge on any atom is -0.331 e. The summed E-state index contributed by atoms with van der Waals surface area (Å²) in [6.45, 7) is 2.54. The first kappa shape index (κ1) is 10.5. The van der Waals surface area contributed by atoms with E-state index in [4.69, 9.17) is 5.73 Å². The van der Waals surface area contributed by atoms with Crippen molar-refractivity contribution in [2.45, 2.75) is 12.2 Å². The molecule has 80 valence electrons. The van der Waals surface area contributed by atoms with Gasteiger partial charge < -0.3 is 10.3 Å². The standard InChI is InChI=1S/C11H15N3S/c1-7-13-9-5-8(11(15)6-12)3-4-10(9)14(7)2/h3-5,11,15H,6,12H2,1-2H3. The van der Waals surface area contributed by atoms with E-state index in [2.05, 4.69) is 40.4 Å². The van der Waals surface area contributed by atoms with Crippen LogP contribution in [-0.2, 0) is 7.05 Å². The Morgan fingerprint density at radius 3 is 2.93 bits per heavy atom. The van der Waals surface area contributed by atoms with Crippen molar-refractivity contribution < 1.29 is 0 Å². The number of hydrogen-bond donors (Lipinski definition) is 2. The molecule has 0 aliphatic rings. The van der Waals surface area contributed by atoms with Crippen LogP contribution < -0.4 is 5.73 Å². The van der Waals surface area contributed by atoms with Crippen LogP contribution in [0.5, 0.6) is 0 Å². The Balaban J connectivity index is 2.57. The maximum absolute atomic E-state index is 5.58. The van der Waals surface area contributed by atoms with Crippen LogP contribution in [0.3, 0.4) is 0 Å². The van der Waals surface area contributed by atoms with Crippen LogP contribution in [0.2, 0.25) is 0 Å². The summed E-state index contributed by atoms with van der Waals surface area (Å²) in [5.41, 5.74) is 8.87. The summed E-state index contributed by atoms with van der Waals surface area (Å²) >= 11 is 4.42. The van der Waals surface area contributed by atoms with Gasteiger partial charge in [0.15, 0.2) is 0 Å². The molecule has 1 aromatic carbocycles. The highest BCUT2D eigenvalue weighted by molar-refractivity contribution is 7.80. The molecule has 2 N–H and O–H groups in total. The van der Waals surface area contributed by atoms with Gasteiger partial charge in [0.1, 0.15) is 5.82 Å². The predicted molar refractivity (Wildman–Crippen MR) is 66.2 cm³/mol. The Kier molecular flexibility index (Phi) is 2.71. The second-order valence-corrected chi connectivity index (χ2v) is 4.34. The second kappa shape index (κ2) is 3.87. The average molecular weight is 221 g/mol. The van der Waals surface area contributed by atoms with Crippen LogP contribution in [0, 0.1) is 6.92 Å². The van der Waals surface area contributed by atoms with Gasteiger partial charge in [-0.3, -0.25) is 0 Å². The molecule has 1 heterocycles. The third-order valence-corrected chi connectivity index (χ3v) is 3.25. The first-order valence-corrected chi connectivity index (χ1v) is 5.46. The molecule has 15 heavy (non-hydrogen) atoms. The van der Waals surface area contributed by atoms with E-state index >= 15 is 0 Å². The van der Waals surface area contributed by atoms with Crippen molar-refractivity contribution >= 4 is 23.7 Å². The van der Waals surface area contributed by atoms with Gasteiger partial charge in [0, 0.05) is 18.8 Å². The second-order valence-electron chi connectivity index (χ2n) is 3.72. The van der Waals surface area contributed by atoms with Gasteiger partial charge in [0.25, 0.3) is 0 Å². The van der Waals surface area contributed by atoms with Crippen molar-refractivity contribution in [2.24, 2.45) is 12.8 Å². The lowest BCUT2D eigenvalue weighted by Crippen LogP contribution is -2.06. The van der Waals surface area contributed by atoms with Gasteiger partial charge in [-0.1, -0.05) is 6.07 Å². The normalized spacial score (nSPS) is 13.3. The monoisotopic (exact) mass is 221 g/mol. The molecule has 0 radical (unpaired) electrons. The lowest BCUT2D eigenvalue weighted by atomic mass is 10.1. The third-order valence-electron chi connectivity index (χ3n) is 2.74. The van der Waals surface area contributed by atoms with Crippen molar-refractivity contribution in [3.05, 3.63) is 29.6 Å². The Morgan fingerprint density at radius 2 is 2.27 bits per heavy atom. The molecule has 1 aromatic heterocycles. The van der Waals surface area contributed by atoms with Crippen molar-refractivity contribution in [3.8, 4) is 0 Å². The van der Waals surface area contributed by atoms with E-state index in [-0.39, 0.29) is 5.25 Å². The first-order valence-electron chi connectivity index (χ1n) is 4.94. The van der Waals surface area contributed by atoms with Crippen molar-refractivity contribution in [2.75, 3.05) is 6.54 Å². The molecule has 2 aromatic rings. The van der Waals surface area contributed by atoms with Crippen LogP contribution in [0.15, 0.2) is 18.2 Å². The average Bonchev–Trinajstić information content (AvgIpc) is 2.53. The summed E-state index contributed by atoms with van der Waals surface area (Å²) in [5, 5.41) is 0.0942. The first-order chi connectivity index (χ1) is 7.13. The van der Waals surface area contributed by atoms with E-state index in [9.17, 15) is 0 Å². The maximum Gasteiger partial charge on any atom is 0.106 e. The number of nitrogens with zero attached hydrogens (tertiary/aromatic N) is 2. The smallest absolute Gasteiger partial charge is 0.106 e. The van der Waals surface area contributed by atoms with E-state index in [1.165, 1.54) is 0 Å². The van der Waals surface area contributed by atoms with Crippen LogP contribution >= 0.6 is 12.6 Å². The molecular formula is C11H15N3S. The number of thiol groups is 1. The quantitative estimate of drug-likeness (QED) is 0.760. The van der Waals surface area contributed by atoms with Crippen molar-refractivity contribution in [1.29, 1.82) is 0 Å². The highest BCUT2D eigenvalue weighted by Crippen LogP contribution is 2.23. The topological polar surface area (TPSA) is 43.8 Å².